The zero-order chi connectivity index (χ0) is 19.6. The molecule has 3 fully saturated rings. The van der Waals surface area contributed by atoms with Crippen LogP contribution in [0.15, 0.2) is 11.6 Å². The van der Waals surface area contributed by atoms with Gasteiger partial charge in [0.05, 0.1) is 6.10 Å². The molecule has 0 bridgehead atoms. The van der Waals surface area contributed by atoms with Crippen molar-refractivity contribution in [2.75, 3.05) is 0 Å². The molecule has 0 unspecified atom stereocenters. The van der Waals surface area contributed by atoms with Crippen LogP contribution in [0.3, 0.4) is 0 Å². The normalized spacial score (nSPS) is 47.4. The maximum Gasteiger partial charge on any atom is 0.303 e. The lowest BCUT2D eigenvalue weighted by Crippen LogP contribution is -2.59. The minimum Gasteiger partial charge on any atom is -0.456 e. The monoisotopic (exact) mass is 374 g/mol. The number of fused-ring (bicyclic) bond motifs is 5. The molecule has 4 aliphatic carbocycles. The number of allylic oxidation sites excluding steroid dienone is 1. The predicted molar refractivity (Wildman–Crippen MR) is 103 cm³/mol. The summed E-state index contributed by atoms with van der Waals surface area (Å²) in [5.74, 6) is 1.68. The van der Waals surface area contributed by atoms with Gasteiger partial charge in [0.2, 0.25) is 0 Å². The van der Waals surface area contributed by atoms with Crippen LogP contribution >= 0.6 is 0 Å². The molecule has 4 rings (SSSR count). The highest BCUT2D eigenvalue weighted by Crippen LogP contribution is 2.68. The zero-order valence-electron chi connectivity index (χ0n) is 17.2. The number of esters is 1. The van der Waals surface area contributed by atoms with Gasteiger partial charge >= 0.3 is 5.97 Å². The Labute approximate surface area is 162 Å². The molecular formula is C23H34O4. The number of ether oxygens (including phenoxy) is 1. The molecule has 0 radical (unpaired) electrons. The van der Waals surface area contributed by atoms with Crippen molar-refractivity contribution in [1.82, 2.24) is 0 Å². The van der Waals surface area contributed by atoms with Crippen LogP contribution in [0, 0.1) is 28.6 Å². The van der Waals surface area contributed by atoms with Gasteiger partial charge in [-0.05, 0) is 81.1 Å². The Bertz CT molecular complexity index is 694. The van der Waals surface area contributed by atoms with E-state index in [1.165, 1.54) is 12.5 Å². The first-order chi connectivity index (χ1) is 12.6. The fraction of sp³-hybridized carbons (Fsp3) is 0.826. The van der Waals surface area contributed by atoms with Crippen LogP contribution < -0.4 is 0 Å². The van der Waals surface area contributed by atoms with E-state index in [4.69, 9.17) is 4.74 Å². The molecule has 0 aromatic carbocycles. The second kappa shape index (κ2) is 6.17. The maximum absolute atomic E-state index is 12.0. The fourth-order valence-corrected chi connectivity index (χ4v) is 7.79. The van der Waals surface area contributed by atoms with Gasteiger partial charge in [0.15, 0.2) is 5.78 Å². The topological polar surface area (TPSA) is 63.6 Å². The van der Waals surface area contributed by atoms with Gasteiger partial charge in [-0.25, -0.2) is 0 Å². The minimum atomic E-state index is -0.756. The maximum atomic E-state index is 12.0. The molecule has 4 heteroatoms. The molecule has 1 N–H and O–H groups in total. The summed E-state index contributed by atoms with van der Waals surface area (Å²) < 4.78 is 5.91. The number of carbonyl (C=O) groups excluding carboxylic acids is 2. The fourth-order valence-electron chi connectivity index (χ4n) is 7.79. The lowest BCUT2D eigenvalue weighted by molar-refractivity contribution is -0.206. The number of hydrogen-bond donors (Lipinski definition) is 1. The number of hydrogen-bond acceptors (Lipinski definition) is 4. The highest BCUT2D eigenvalue weighted by molar-refractivity contribution is 5.91. The molecule has 150 valence electrons. The highest BCUT2D eigenvalue weighted by Gasteiger charge is 2.67. The quantitative estimate of drug-likeness (QED) is 0.736. The van der Waals surface area contributed by atoms with E-state index in [2.05, 4.69) is 13.8 Å². The molecule has 0 amide bonds. The van der Waals surface area contributed by atoms with Gasteiger partial charge in [0, 0.05) is 18.8 Å². The summed E-state index contributed by atoms with van der Waals surface area (Å²) in [5.41, 5.74) is 0.600. The van der Waals surface area contributed by atoms with Gasteiger partial charge < -0.3 is 9.84 Å². The Morgan fingerprint density at radius 3 is 2.52 bits per heavy atom. The van der Waals surface area contributed by atoms with Crippen LogP contribution in [0.5, 0.6) is 0 Å². The Kier molecular flexibility index (Phi) is 4.38. The summed E-state index contributed by atoms with van der Waals surface area (Å²) in [6, 6.07) is 0. The number of carbonyl (C=O) groups is 2. The van der Waals surface area contributed by atoms with E-state index in [0.717, 1.165) is 44.9 Å². The summed E-state index contributed by atoms with van der Waals surface area (Å²) in [5, 5.41) is 10.7. The average molecular weight is 375 g/mol. The van der Waals surface area contributed by atoms with Crippen molar-refractivity contribution >= 4 is 11.8 Å². The van der Waals surface area contributed by atoms with Gasteiger partial charge in [0.1, 0.15) is 5.60 Å². The van der Waals surface area contributed by atoms with Crippen molar-refractivity contribution in [2.24, 2.45) is 28.6 Å². The van der Waals surface area contributed by atoms with Crippen LogP contribution in [-0.2, 0) is 14.3 Å². The average Bonchev–Trinajstić information content (AvgIpc) is 2.89. The molecule has 0 saturated heterocycles. The predicted octanol–water partition coefficient (Wildman–Crippen LogP) is 4.20. The van der Waals surface area contributed by atoms with E-state index in [0.29, 0.717) is 30.0 Å². The first-order valence-electron chi connectivity index (χ1n) is 10.8. The third-order valence-corrected chi connectivity index (χ3v) is 9.15. The van der Waals surface area contributed by atoms with Gasteiger partial charge in [-0.1, -0.05) is 19.4 Å². The van der Waals surface area contributed by atoms with Crippen LogP contribution in [0.2, 0.25) is 0 Å². The number of rotatable bonds is 2. The zero-order valence-corrected chi connectivity index (χ0v) is 17.2. The molecule has 0 aliphatic heterocycles. The van der Waals surface area contributed by atoms with Crippen LogP contribution in [0.4, 0.5) is 0 Å². The lowest BCUT2D eigenvalue weighted by atomic mass is 9.46. The van der Waals surface area contributed by atoms with Gasteiger partial charge in [-0.15, -0.1) is 0 Å². The molecule has 4 nitrogen and oxygen atoms in total. The number of ketones is 1. The standard InChI is InChI=1S/C23H34O4/c1-14(24)23(27-15(2)25)12-9-20-18-6-5-16-13-17(26)7-10-21(16,3)19(18)8-11-22(20,23)4/h13-14,18-20,24H,5-12H2,1-4H3/t14-,18+,19-,20-,21-,22-,23-/m0/s1. The molecule has 0 spiro atoms. The SMILES string of the molecule is CC(=O)O[C@]1([C@H](C)O)CC[C@H]2[C@@H]3CCC4=CC(=O)CC[C@]4(C)[C@H]3CC[C@@]21C. The van der Waals surface area contributed by atoms with Crippen molar-refractivity contribution in [1.29, 1.82) is 0 Å². The van der Waals surface area contributed by atoms with E-state index >= 15 is 0 Å². The lowest BCUT2D eigenvalue weighted by Gasteiger charge is -2.59. The molecule has 0 heterocycles. The first kappa shape index (κ1) is 19.2. The summed E-state index contributed by atoms with van der Waals surface area (Å²) in [7, 11) is 0. The summed E-state index contributed by atoms with van der Waals surface area (Å²) >= 11 is 0. The Morgan fingerprint density at radius 2 is 1.85 bits per heavy atom. The molecule has 0 aromatic rings. The third kappa shape index (κ3) is 2.51. The summed E-state index contributed by atoms with van der Waals surface area (Å²) in [4.78, 5) is 23.9. The van der Waals surface area contributed by atoms with Gasteiger partial charge in [0.25, 0.3) is 0 Å². The van der Waals surface area contributed by atoms with E-state index in [9.17, 15) is 14.7 Å². The van der Waals surface area contributed by atoms with Crippen LogP contribution in [0.25, 0.3) is 0 Å². The summed E-state index contributed by atoms with van der Waals surface area (Å²) in [6.45, 7) is 7.89. The highest BCUT2D eigenvalue weighted by atomic mass is 16.6. The smallest absolute Gasteiger partial charge is 0.303 e. The Balaban J connectivity index is 1.69. The Hall–Kier alpha value is -1.16. The largest absolute Gasteiger partial charge is 0.456 e. The first-order valence-corrected chi connectivity index (χ1v) is 10.8. The van der Waals surface area contributed by atoms with Gasteiger partial charge in [-0.3, -0.25) is 9.59 Å². The van der Waals surface area contributed by atoms with Gasteiger partial charge in [-0.2, -0.15) is 0 Å². The molecule has 27 heavy (non-hydrogen) atoms. The van der Waals surface area contributed by atoms with E-state index in [1.54, 1.807) is 6.92 Å². The van der Waals surface area contributed by atoms with E-state index < -0.39 is 11.7 Å². The molecule has 3 saturated carbocycles. The summed E-state index contributed by atoms with van der Waals surface area (Å²) in [6.07, 6.45) is 8.93. The molecular weight excluding hydrogens is 340 g/mol. The van der Waals surface area contributed by atoms with Crippen molar-refractivity contribution in [3.8, 4) is 0 Å². The van der Waals surface area contributed by atoms with E-state index in [-0.39, 0.29) is 16.8 Å². The van der Waals surface area contributed by atoms with Crippen LogP contribution in [0.1, 0.15) is 79.1 Å². The second-order valence-electron chi connectivity index (χ2n) is 10.1. The Morgan fingerprint density at radius 1 is 1.15 bits per heavy atom. The van der Waals surface area contributed by atoms with Crippen LogP contribution in [-0.4, -0.2) is 28.6 Å². The second-order valence-corrected chi connectivity index (χ2v) is 10.1. The molecule has 0 aromatic heterocycles. The van der Waals surface area contributed by atoms with Crippen molar-refractivity contribution in [3.63, 3.8) is 0 Å². The van der Waals surface area contributed by atoms with Crippen molar-refractivity contribution in [3.05, 3.63) is 11.6 Å². The molecule has 4 aliphatic rings. The molecule has 7 atom stereocenters. The van der Waals surface area contributed by atoms with E-state index in [1.807, 2.05) is 6.08 Å². The van der Waals surface area contributed by atoms with Crippen molar-refractivity contribution in [2.45, 2.75) is 90.8 Å². The number of aliphatic hydroxyl groups is 1. The number of aliphatic hydroxyl groups excluding tert-OH is 1. The van der Waals surface area contributed by atoms with Crippen molar-refractivity contribution < 1.29 is 19.4 Å². The minimum absolute atomic E-state index is 0.148. The third-order valence-electron chi connectivity index (χ3n) is 9.15.